The number of aromatic nitrogens is 1. The molecule has 0 radical (unpaired) electrons. The molecule has 2 aromatic rings. The summed E-state index contributed by atoms with van der Waals surface area (Å²) < 4.78 is 75.5. The lowest BCUT2D eigenvalue weighted by molar-refractivity contribution is -0.193. The number of carboxylic acids is 2. The second-order valence-electron chi connectivity index (χ2n) is 8.96. The lowest BCUT2D eigenvalue weighted by atomic mass is 9.89. The second kappa shape index (κ2) is 13.8. The molecule has 2 aliphatic rings. The van der Waals surface area contributed by atoms with Crippen molar-refractivity contribution in [3.63, 3.8) is 0 Å². The number of nitrogens with zero attached hydrogens (tertiary/aromatic N) is 3. The number of carboxylic acid groups (broad SMARTS) is 2. The van der Waals surface area contributed by atoms with Crippen molar-refractivity contribution in [1.82, 2.24) is 14.8 Å². The van der Waals surface area contributed by atoms with Crippen LogP contribution in [0.4, 0.5) is 26.3 Å². The predicted octanol–water partition coefficient (Wildman–Crippen LogP) is 4.12. The molecule has 2 N–H and O–H groups in total. The summed E-state index contributed by atoms with van der Waals surface area (Å²) in [5.74, 6) is -3.46. The van der Waals surface area contributed by atoms with E-state index in [-0.39, 0.29) is 5.60 Å². The number of furan rings is 1. The Morgan fingerprint density at radius 2 is 1.51 bits per heavy atom. The van der Waals surface area contributed by atoms with Gasteiger partial charge in [-0.3, -0.25) is 14.8 Å². The van der Waals surface area contributed by atoms with E-state index in [1.54, 1.807) is 0 Å². The van der Waals surface area contributed by atoms with Gasteiger partial charge in [-0.25, -0.2) is 9.59 Å². The van der Waals surface area contributed by atoms with Gasteiger partial charge in [0.05, 0.1) is 24.4 Å². The third-order valence-corrected chi connectivity index (χ3v) is 5.87. The van der Waals surface area contributed by atoms with E-state index in [4.69, 9.17) is 29.0 Å². The van der Waals surface area contributed by atoms with Gasteiger partial charge >= 0.3 is 24.3 Å². The Balaban J connectivity index is 0.000000317. The maximum absolute atomic E-state index is 10.6. The number of aryl methyl sites for hydroxylation is 1. The van der Waals surface area contributed by atoms with Gasteiger partial charge in [0.1, 0.15) is 11.5 Å². The Morgan fingerprint density at radius 1 is 0.923 bits per heavy atom. The molecular weight excluding hydrogens is 540 g/mol. The summed E-state index contributed by atoms with van der Waals surface area (Å²) in [6, 6.07) is 10.3. The van der Waals surface area contributed by atoms with Crippen molar-refractivity contribution in [3.05, 3.63) is 53.7 Å². The van der Waals surface area contributed by atoms with Gasteiger partial charge in [-0.2, -0.15) is 26.3 Å². The molecule has 15 heteroatoms. The number of carbonyl (C=O) groups is 2. The highest BCUT2D eigenvalue weighted by molar-refractivity contribution is 5.73. The lowest BCUT2D eigenvalue weighted by Gasteiger charge is -2.47. The Labute approximate surface area is 220 Å². The number of ether oxygens (including phenoxy) is 1. The number of aliphatic carboxylic acids is 2. The fraction of sp³-hybridized carbons (Fsp3) is 0.542. The number of likely N-dealkylation sites (tertiary alicyclic amines) is 1. The maximum atomic E-state index is 10.6. The van der Waals surface area contributed by atoms with E-state index >= 15 is 0 Å². The van der Waals surface area contributed by atoms with E-state index in [9.17, 15) is 26.3 Å². The molecule has 0 aliphatic carbocycles. The average molecular weight is 569 g/mol. The van der Waals surface area contributed by atoms with Crippen molar-refractivity contribution < 1.29 is 55.3 Å². The Morgan fingerprint density at radius 3 is 1.97 bits per heavy atom. The minimum absolute atomic E-state index is 0.0165. The van der Waals surface area contributed by atoms with Crippen molar-refractivity contribution in [2.45, 2.75) is 50.8 Å². The lowest BCUT2D eigenvalue weighted by Crippen LogP contribution is -2.56. The van der Waals surface area contributed by atoms with Gasteiger partial charge < -0.3 is 19.4 Å². The smallest absolute Gasteiger partial charge is 0.475 e. The molecule has 4 rings (SSSR count). The Kier molecular flexibility index (Phi) is 11.3. The highest BCUT2D eigenvalue weighted by Crippen LogP contribution is 2.31. The van der Waals surface area contributed by atoms with E-state index < -0.39 is 24.3 Å². The molecule has 0 aromatic carbocycles. The van der Waals surface area contributed by atoms with Crippen LogP contribution < -0.4 is 0 Å². The highest BCUT2D eigenvalue weighted by Gasteiger charge is 2.40. The molecule has 2 aromatic heterocycles. The topological polar surface area (TPSA) is 116 Å². The number of morpholine rings is 1. The molecule has 0 amide bonds. The number of piperidine rings is 1. The zero-order valence-corrected chi connectivity index (χ0v) is 21.0. The van der Waals surface area contributed by atoms with E-state index in [0.717, 1.165) is 75.9 Å². The van der Waals surface area contributed by atoms with E-state index in [1.165, 1.54) is 0 Å². The van der Waals surface area contributed by atoms with Crippen LogP contribution in [-0.4, -0.2) is 87.7 Å². The first-order valence-electron chi connectivity index (χ1n) is 11.7. The molecule has 2 fully saturated rings. The summed E-state index contributed by atoms with van der Waals surface area (Å²) in [5.41, 5.74) is 1.16. The monoisotopic (exact) mass is 569 g/mol. The molecule has 0 bridgehead atoms. The molecule has 218 valence electrons. The molecule has 39 heavy (non-hydrogen) atoms. The largest absolute Gasteiger partial charge is 0.490 e. The second-order valence-corrected chi connectivity index (χ2v) is 8.96. The van der Waals surface area contributed by atoms with Gasteiger partial charge in [0, 0.05) is 38.9 Å². The summed E-state index contributed by atoms with van der Waals surface area (Å²) in [6.07, 6.45) is -6.11. The third-order valence-electron chi connectivity index (χ3n) is 5.87. The van der Waals surface area contributed by atoms with E-state index in [1.807, 2.05) is 25.3 Å². The highest BCUT2D eigenvalue weighted by atomic mass is 19.4. The molecule has 1 spiro atoms. The summed E-state index contributed by atoms with van der Waals surface area (Å²) >= 11 is 0. The first-order valence-corrected chi connectivity index (χ1v) is 11.7. The van der Waals surface area contributed by atoms with Crippen molar-refractivity contribution in [2.24, 2.45) is 0 Å². The molecule has 0 saturated carbocycles. The first-order chi connectivity index (χ1) is 18.1. The van der Waals surface area contributed by atoms with E-state index in [0.29, 0.717) is 0 Å². The molecular formula is C24H29F6N3O6. The minimum Gasteiger partial charge on any atom is -0.475 e. The quantitative estimate of drug-likeness (QED) is 0.525. The molecule has 4 heterocycles. The van der Waals surface area contributed by atoms with Crippen molar-refractivity contribution >= 4 is 11.9 Å². The third kappa shape index (κ3) is 11.2. The van der Waals surface area contributed by atoms with Crippen LogP contribution in [0, 0.1) is 6.92 Å². The number of hydrogen-bond donors (Lipinski definition) is 2. The SMILES string of the molecule is Cc1ccc(CN2CCC3(CC2)CN(Cc2ccccn2)CCO3)o1.O=C(O)C(F)(F)F.O=C(O)C(F)(F)F. The van der Waals surface area contributed by atoms with Crippen LogP contribution in [0.25, 0.3) is 0 Å². The van der Waals surface area contributed by atoms with Gasteiger partial charge in [0.25, 0.3) is 0 Å². The van der Waals surface area contributed by atoms with Gasteiger partial charge in [-0.05, 0) is 44.0 Å². The summed E-state index contributed by atoms with van der Waals surface area (Å²) in [5, 5.41) is 14.2. The number of hydrogen-bond acceptors (Lipinski definition) is 7. The number of alkyl halides is 6. The van der Waals surface area contributed by atoms with Crippen molar-refractivity contribution in [2.75, 3.05) is 32.8 Å². The van der Waals surface area contributed by atoms with Crippen LogP contribution in [0.1, 0.15) is 30.1 Å². The number of rotatable bonds is 4. The van der Waals surface area contributed by atoms with Crippen LogP contribution in [0.3, 0.4) is 0 Å². The number of pyridine rings is 1. The Bertz CT molecular complexity index is 1030. The minimum atomic E-state index is -5.08. The van der Waals surface area contributed by atoms with Crippen LogP contribution in [0.15, 0.2) is 40.9 Å². The van der Waals surface area contributed by atoms with Gasteiger partial charge in [0.2, 0.25) is 0 Å². The fourth-order valence-electron chi connectivity index (χ4n) is 3.99. The first kappa shape index (κ1) is 32.0. The summed E-state index contributed by atoms with van der Waals surface area (Å²) in [6.45, 7) is 8.78. The van der Waals surface area contributed by atoms with Crippen molar-refractivity contribution in [3.8, 4) is 0 Å². The Hall–Kier alpha value is -3.17. The molecule has 2 saturated heterocycles. The predicted molar refractivity (Wildman–Crippen MR) is 124 cm³/mol. The average Bonchev–Trinajstić information content (AvgIpc) is 3.25. The zero-order chi connectivity index (χ0) is 29.3. The van der Waals surface area contributed by atoms with Crippen LogP contribution in [0.5, 0.6) is 0 Å². The standard InChI is InChI=1S/C20H27N3O2.2C2HF3O2/c1-17-5-6-19(25-17)15-22-10-7-20(8-11-22)16-23(12-13-24-20)14-18-4-2-3-9-21-18;2*3-2(4,5)1(6)7/h2-6,9H,7-8,10-16H2,1H3;2*(H,6,7). The van der Waals surface area contributed by atoms with Crippen LogP contribution in [-0.2, 0) is 27.4 Å². The summed E-state index contributed by atoms with van der Waals surface area (Å²) in [7, 11) is 0. The molecule has 0 unspecified atom stereocenters. The van der Waals surface area contributed by atoms with E-state index in [2.05, 4.69) is 33.0 Å². The summed E-state index contributed by atoms with van der Waals surface area (Å²) in [4.78, 5) is 27.2. The maximum Gasteiger partial charge on any atom is 0.490 e. The van der Waals surface area contributed by atoms with Crippen molar-refractivity contribution in [1.29, 1.82) is 0 Å². The zero-order valence-electron chi connectivity index (χ0n) is 21.0. The van der Waals surface area contributed by atoms with Crippen LogP contribution in [0.2, 0.25) is 0 Å². The fourth-order valence-corrected chi connectivity index (χ4v) is 3.99. The van der Waals surface area contributed by atoms with Crippen LogP contribution >= 0.6 is 0 Å². The van der Waals surface area contributed by atoms with Gasteiger partial charge in [0.15, 0.2) is 0 Å². The van der Waals surface area contributed by atoms with Gasteiger partial charge in [-0.15, -0.1) is 0 Å². The molecule has 0 atom stereocenters. The molecule has 9 nitrogen and oxygen atoms in total. The molecule has 2 aliphatic heterocycles. The number of halogens is 6. The normalized spacial score (nSPS) is 17.9. The van der Waals surface area contributed by atoms with Gasteiger partial charge in [-0.1, -0.05) is 6.07 Å².